The van der Waals surface area contributed by atoms with Crippen molar-refractivity contribution >= 4 is 21.8 Å². The number of benzene rings is 3. The molecule has 1 unspecified atom stereocenters. The van der Waals surface area contributed by atoms with Crippen molar-refractivity contribution in [3.05, 3.63) is 107 Å². The number of H-pyrrole nitrogens is 2. The van der Waals surface area contributed by atoms with Crippen molar-refractivity contribution < 1.29 is 13.2 Å². The van der Waals surface area contributed by atoms with Crippen molar-refractivity contribution in [3.8, 4) is 0 Å². The lowest BCUT2D eigenvalue weighted by Gasteiger charge is -2.18. The van der Waals surface area contributed by atoms with Crippen LogP contribution in [-0.4, -0.2) is 9.97 Å². The zero-order valence-corrected chi connectivity index (χ0v) is 16.2. The maximum absolute atomic E-state index is 13.1. The fourth-order valence-electron chi connectivity index (χ4n) is 4.29. The Morgan fingerprint density at radius 2 is 1.40 bits per heavy atom. The van der Waals surface area contributed by atoms with Crippen LogP contribution in [0.3, 0.4) is 0 Å². The first-order valence-electron chi connectivity index (χ1n) is 9.73. The summed E-state index contributed by atoms with van der Waals surface area (Å²) >= 11 is 0. The lowest BCUT2D eigenvalue weighted by molar-refractivity contribution is -0.137. The van der Waals surface area contributed by atoms with Crippen LogP contribution in [-0.2, 0) is 6.18 Å². The zero-order chi connectivity index (χ0) is 20.9. The second-order valence-electron chi connectivity index (χ2n) is 7.58. The maximum atomic E-state index is 13.1. The molecule has 0 aliphatic rings. The molecular weight excluding hydrogens is 385 g/mol. The maximum Gasteiger partial charge on any atom is 0.416 e. The number of hydrogen-bond acceptors (Lipinski definition) is 0. The van der Waals surface area contributed by atoms with E-state index in [4.69, 9.17) is 0 Å². The number of aromatic amines is 2. The molecule has 5 rings (SSSR count). The van der Waals surface area contributed by atoms with Gasteiger partial charge in [-0.3, -0.25) is 0 Å². The van der Waals surface area contributed by atoms with Crippen molar-refractivity contribution in [3.63, 3.8) is 0 Å². The Morgan fingerprint density at radius 1 is 0.733 bits per heavy atom. The summed E-state index contributed by atoms with van der Waals surface area (Å²) < 4.78 is 39.4. The van der Waals surface area contributed by atoms with E-state index < -0.39 is 11.7 Å². The number of aromatic nitrogens is 2. The van der Waals surface area contributed by atoms with Crippen molar-refractivity contribution in [2.45, 2.75) is 19.0 Å². The summed E-state index contributed by atoms with van der Waals surface area (Å²) in [4.78, 5) is 6.67. The van der Waals surface area contributed by atoms with Crippen LogP contribution in [0.25, 0.3) is 21.8 Å². The number of halogens is 3. The highest BCUT2D eigenvalue weighted by molar-refractivity contribution is 5.90. The molecule has 0 saturated heterocycles. The first kappa shape index (κ1) is 18.6. The highest BCUT2D eigenvalue weighted by Crippen LogP contribution is 2.40. The van der Waals surface area contributed by atoms with Crippen LogP contribution in [0.15, 0.2) is 79.1 Å². The van der Waals surface area contributed by atoms with Gasteiger partial charge in [0.25, 0.3) is 0 Å². The lowest BCUT2D eigenvalue weighted by atomic mass is 9.84. The topological polar surface area (TPSA) is 31.6 Å². The van der Waals surface area contributed by atoms with Gasteiger partial charge in [0.2, 0.25) is 0 Å². The molecule has 2 heterocycles. The Labute approximate surface area is 171 Å². The van der Waals surface area contributed by atoms with Gasteiger partial charge in [0.15, 0.2) is 0 Å². The minimum Gasteiger partial charge on any atom is -0.361 e. The van der Waals surface area contributed by atoms with Crippen molar-refractivity contribution in [2.24, 2.45) is 0 Å². The normalized spacial score (nSPS) is 13.2. The molecule has 0 saturated carbocycles. The number of nitrogens with one attached hydrogen (secondary N) is 2. The summed E-state index contributed by atoms with van der Waals surface area (Å²) in [5.41, 5.74) is 5.42. The van der Waals surface area contributed by atoms with Gasteiger partial charge in [0.1, 0.15) is 0 Å². The van der Waals surface area contributed by atoms with Crippen LogP contribution in [0.4, 0.5) is 13.2 Å². The van der Waals surface area contributed by atoms with Gasteiger partial charge in [0.05, 0.1) is 5.56 Å². The number of hydrogen-bond donors (Lipinski definition) is 2. The van der Waals surface area contributed by atoms with E-state index in [0.29, 0.717) is 0 Å². The predicted octanol–water partition coefficient (Wildman–Crippen LogP) is 7.16. The lowest BCUT2D eigenvalue weighted by Crippen LogP contribution is -2.07. The van der Waals surface area contributed by atoms with Crippen LogP contribution in [0.5, 0.6) is 0 Å². The third kappa shape index (κ3) is 2.98. The van der Waals surface area contributed by atoms with E-state index in [9.17, 15) is 13.2 Å². The van der Waals surface area contributed by atoms with Crippen LogP contribution in [0.1, 0.15) is 33.7 Å². The highest BCUT2D eigenvalue weighted by atomic mass is 19.4. The molecule has 2 nitrogen and oxygen atoms in total. The van der Waals surface area contributed by atoms with E-state index in [1.165, 1.54) is 0 Å². The molecule has 150 valence electrons. The Hall–Kier alpha value is -3.47. The molecule has 0 aliphatic heterocycles. The van der Waals surface area contributed by atoms with E-state index in [0.717, 1.165) is 56.2 Å². The van der Waals surface area contributed by atoms with Crippen LogP contribution in [0.2, 0.25) is 0 Å². The predicted molar refractivity (Wildman–Crippen MR) is 114 cm³/mol. The van der Waals surface area contributed by atoms with E-state index in [2.05, 4.69) is 16.0 Å². The fourth-order valence-corrected chi connectivity index (χ4v) is 4.29. The summed E-state index contributed by atoms with van der Waals surface area (Å²) in [7, 11) is 0. The van der Waals surface area contributed by atoms with Gasteiger partial charge in [-0.1, -0.05) is 48.5 Å². The molecule has 2 aromatic heterocycles. The van der Waals surface area contributed by atoms with Gasteiger partial charge in [-0.2, -0.15) is 13.2 Å². The van der Waals surface area contributed by atoms with E-state index in [1.54, 1.807) is 12.1 Å². The molecule has 0 bridgehead atoms. The molecule has 0 spiro atoms. The van der Waals surface area contributed by atoms with Crippen molar-refractivity contribution in [2.75, 3.05) is 0 Å². The van der Waals surface area contributed by atoms with Crippen LogP contribution in [0, 0.1) is 6.92 Å². The molecule has 0 fully saturated rings. The summed E-state index contributed by atoms with van der Waals surface area (Å²) in [5, 5.41) is 2.13. The smallest absolute Gasteiger partial charge is 0.361 e. The molecule has 2 N–H and O–H groups in total. The molecule has 30 heavy (non-hydrogen) atoms. The average molecular weight is 404 g/mol. The summed E-state index contributed by atoms with van der Waals surface area (Å²) in [6, 6.07) is 19.6. The largest absolute Gasteiger partial charge is 0.416 e. The summed E-state index contributed by atoms with van der Waals surface area (Å²) in [6.45, 7) is 2.04. The minimum atomic E-state index is -4.35. The van der Waals surface area contributed by atoms with Gasteiger partial charge in [-0.15, -0.1) is 0 Å². The third-order valence-corrected chi connectivity index (χ3v) is 5.77. The number of aryl methyl sites for hydroxylation is 1. The van der Waals surface area contributed by atoms with Gasteiger partial charge >= 0.3 is 6.18 Å². The summed E-state index contributed by atoms with van der Waals surface area (Å²) in [6.07, 6.45) is -0.421. The molecule has 0 aliphatic carbocycles. The molecule has 5 heteroatoms. The first-order chi connectivity index (χ1) is 14.4. The zero-order valence-electron chi connectivity index (χ0n) is 16.2. The monoisotopic (exact) mass is 404 g/mol. The van der Waals surface area contributed by atoms with Crippen molar-refractivity contribution in [1.82, 2.24) is 9.97 Å². The third-order valence-electron chi connectivity index (χ3n) is 5.77. The van der Waals surface area contributed by atoms with Crippen LogP contribution >= 0.6 is 0 Å². The first-order valence-corrected chi connectivity index (χ1v) is 9.73. The molecule has 3 aromatic carbocycles. The number of rotatable bonds is 3. The van der Waals surface area contributed by atoms with Gasteiger partial charge in [-0.25, -0.2) is 0 Å². The van der Waals surface area contributed by atoms with Gasteiger partial charge in [0, 0.05) is 40.1 Å². The Kier molecular flexibility index (Phi) is 4.21. The number of alkyl halides is 3. The Morgan fingerprint density at radius 3 is 2.17 bits per heavy atom. The van der Waals surface area contributed by atoms with Crippen LogP contribution < -0.4 is 0 Å². The second kappa shape index (κ2) is 6.80. The Balaban J connectivity index is 1.75. The van der Waals surface area contributed by atoms with E-state index in [-0.39, 0.29) is 5.92 Å². The van der Waals surface area contributed by atoms with Gasteiger partial charge < -0.3 is 9.97 Å². The molecular formula is C25H19F3N2. The number of fused-ring (bicyclic) bond motifs is 2. The quantitative estimate of drug-likeness (QED) is 0.320. The SMILES string of the molecule is Cc1cccc2c(C(c3ccc(C(F)(F)F)cc3)c3c[nH]c4ccccc34)c[nH]c12. The molecule has 0 amide bonds. The molecule has 5 aromatic rings. The van der Waals surface area contributed by atoms with Crippen molar-refractivity contribution in [1.29, 1.82) is 0 Å². The van der Waals surface area contributed by atoms with E-state index >= 15 is 0 Å². The standard InChI is InChI=1S/C25H19F3N2/c1-15-5-4-7-19-21(14-30-24(15)19)23(16-9-11-17(12-10-16)25(26,27)28)20-13-29-22-8-3-2-6-18(20)22/h2-14,23,29-30H,1H3. The Bertz CT molecular complexity index is 1340. The highest BCUT2D eigenvalue weighted by Gasteiger charge is 2.31. The minimum absolute atomic E-state index is 0.209. The van der Waals surface area contributed by atoms with Gasteiger partial charge in [-0.05, 0) is 47.4 Å². The average Bonchev–Trinajstić information content (AvgIpc) is 3.34. The summed E-state index contributed by atoms with van der Waals surface area (Å²) in [5.74, 6) is -0.209. The number of para-hydroxylation sites is 2. The molecule has 1 atom stereocenters. The molecule has 0 radical (unpaired) electrons. The van der Waals surface area contributed by atoms with E-state index in [1.807, 2.05) is 55.7 Å². The second-order valence-corrected chi connectivity index (χ2v) is 7.58. The fraction of sp³-hybridized carbons (Fsp3) is 0.120.